The summed E-state index contributed by atoms with van der Waals surface area (Å²) < 4.78 is 44.3. The molecular formula is C22H35F3IN5O. The summed E-state index contributed by atoms with van der Waals surface area (Å²) in [6.07, 6.45) is -0.478. The number of halogens is 4. The zero-order chi connectivity index (χ0) is 22.1. The molecule has 0 spiro atoms. The lowest BCUT2D eigenvalue weighted by Crippen LogP contribution is -2.47. The summed E-state index contributed by atoms with van der Waals surface area (Å²) in [5, 5.41) is 6.72. The predicted molar refractivity (Wildman–Crippen MR) is 132 cm³/mol. The van der Waals surface area contributed by atoms with Crippen LogP contribution in [-0.4, -0.2) is 81.8 Å². The molecule has 0 amide bonds. The van der Waals surface area contributed by atoms with Crippen LogP contribution >= 0.6 is 24.0 Å². The molecule has 6 nitrogen and oxygen atoms in total. The molecule has 0 saturated carbocycles. The maximum atomic E-state index is 13.0. The van der Waals surface area contributed by atoms with Crippen molar-refractivity contribution in [1.82, 2.24) is 20.4 Å². The fraction of sp³-hybridized carbons (Fsp3) is 0.682. The highest BCUT2D eigenvalue weighted by atomic mass is 127. The molecule has 0 radical (unpaired) electrons. The SMILES string of the molecule is CN=C(NCCN1CCCCC1)NCC(c1ccc(C(F)(F)F)cc1)N1CCOCC1.I. The lowest BCUT2D eigenvalue weighted by atomic mass is 10.0. The van der Waals surface area contributed by atoms with Crippen molar-refractivity contribution in [3.63, 3.8) is 0 Å². The third-order valence-corrected chi connectivity index (χ3v) is 5.96. The molecule has 32 heavy (non-hydrogen) atoms. The van der Waals surface area contributed by atoms with E-state index in [9.17, 15) is 13.2 Å². The molecule has 10 heteroatoms. The van der Waals surface area contributed by atoms with Gasteiger partial charge in [-0.05, 0) is 43.6 Å². The van der Waals surface area contributed by atoms with E-state index in [1.807, 2.05) is 0 Å². The fourth-order valence-corrected chi connectivity index (χ4v) is 4.17. The van der Waals surface area contributed by atoms with Crippen LogP contribution in [-0.2, 0) is 10.9 Å². The summed E-state index contributed by atoms with van der Waals surface area (Å²) in [4.78, 5) is 9.02. The minimum atomic E-state index is -4.33. The van der Waals surface area contributed by atoms with Crippen molar-refractivity contribution in [3.8, 4) is 0 Å². The summed E-state index contributed by atoms with van der Waals surface area (Å²) in [6.45, 7) is 7.38. The molecule has 0 aromatic heterocycles. The third-order valence-electron chi connectivity index (χ3n) is 5.96. The van der Waals surface area contributed by atoms with Gasteiger partial charge in [0.1, 0.15) is 0 Å². The maximum absolute atomic E-state index is 13.0. The van der Waals surface area contributed by atoms with E-state index >= 15 is 0 Å². The number of hydrogen-bond acceptors (Lipinski definition) is 4. The standard InChI is InChI=1S/C22H34F3N5O.HI/c1-26-21(27-9-12-29-10-3-2-4-11-29)28-17-20(30-13-15-31-16-14-30)18-5-7-19(8-6-18)22(23,24)25;/h5-8,20H,2-4,9-17H2,1H3,(H2,26,27,28);1H. The first-order valence-electron chi connectivity index (χ1n) is 11.1. The third kappa shape index (κ3) is 8.35. The normalized spacial score (nSPS) is 19.8. The summed E-state index contributed by atoms with van der Waals surface area (Å²) in [5.74, 6) is 0.710. The first kappa shape index (κ1) is 27.1. The van der Waals surface area contributed by atoms with Crippen LogP contribution < -0.4 is 10.6 Å². The number of benzene rings is 1. The van der Waals surface area contributed by atoms with Gasteiger partial charge >= 0.3 is 6.18 Å². The summed E-state index contributed by atoms with van der Waals surface area (Å²) >= 11 is 0. The molecule has 2 N–H and O–H groups in total. The smallest absolute Gasteiger partial charge is 0.379 e. The van der Waals surface area contributed by atoms with Crippen molar-refractivity contribution < 1.29 is 17.9 Å². The number of aliphatic imine (C=N–C) groups is 1. The lowest BCUT2D eigenvalue weighted by molar-refractivity contribution is -0.137. The lowest BCUT2D eigenvalue weighted by Gasteiger charge is -2.35. The average Bonchev–Trinajstić information content (AvgIpc) is 2.79. The zero-order valence-electron chi connectivity index (χ0n) is 18.7. The number of likely N-dealkylation sites (tertiary alicyclic amines) is 1. The molecule has 0 bridgehead atoms. The van der Waals surface area contributed by atoms with Crippen LogP contribution in [0.2, 0.25) is 0 Å². The molecule has 2 aliphatic rings. The number of nitrogens with one attached hydrogen (secondary N) is 2. The highest BCUT2D eigenvalue weighted by Gasteiger charge is 2.31. The summed E-state index contributed by atoms with van der Waals surface area (Å²) in [7, 11) is 1.73. The van der Waals surface area contributed by atoms with Crippen LogP contribution in [0.25, 0.3) is 0 Å². The Balaban J connectivity index is 0.00000363. The van der Waals surface area contributed by atoms with E-state index in [1.165, 1.54) is 19.3 Å². The quantitative estimate of drug-likeness (QED) is 0.300. The Kier molecular flexibility index (Phi) is 11.5. The Hall–Kier alpha value is -1.11. The topological polar surface area (TPSA) is 52.1 Å². The van der Waals surface area contributed by atoms with Crippen molar-refractivity contribution in [2.24, 2.45) is 4.99 Å². The monoisotopic (exact) mass is 569 g/mol. The van der Waals surface area contributed by atoms with Gasteiger partial charge < -0.3 is 20.3 Å². The summed E-state index contributed by atoms with van der Waals surface area (Å²) in [5.41, 5.74) is 0.228. The van der Waals surface area contributed by atoms with Gasteiger partial charge in [-0.3, -0.25) is 9.89 Å². The highest BCUT2D eigenvalue weighted by Crippen LogP contribution is 2.31. The van der Waals surface area contributed by atoms with Gasteiger partial charge in [0.15, 0.2) is 5.96 Å². The minimum absolute atomic E-state index is 0. The van der Waals surface area contributed by atoms with Gasteiger partial charge in [-0.25, -0.2) is 0 Å². The molecule has 2 aliphatic heterocycles. The van der Waals surface area contributed by atoms with Gasteiger partial charge in [0.25, 0.3) is 0 Å². The molecule has 1 atom stereocenters. The Morgan fingerprint density at radius 2 is 1.69 bits per heavy atom. The van der Waals surface area contributed by atoms with Gasteiger partial charge in [0.05, 0.1) is 24.8 Å². The van der Waals surface area contributed by atoms with E-state index in [0.717, 1.165) is 57.0 Å². The van der Waals surface area contributed by atoms with Crippen molar-refractivity contribution in [2.45, 2.75) is 31.5 Å². The van der Waals surface area contributed by atoms with E-state index in [4.69, 9.17) is 4.74 Å². The van der Waals surface area contributed by atoms with Crippen LogP contribution in [0.3, 0.4) is 0 Å². The first-order valence-corrected chi connectivity index (χ1v) is 11.1. The largest absolute Gasteiger partial charge is 0.416 e. The second kappa shape index (κ2) is 13.6. The number of nitrogens with zero attached hydrogens (tertiary/aromatic N) is 3. The zero-order valence-corrected chi connectivity index (χ0v) is 21.0. The van der Waals surface area contributed by atoms with Crippen LogP contribution in [0, 0.1) is 0 Å². The van der Waals surface area contributed by atoms with E-state index in [1.54, 1.807) is 19.2 Å². The fourth-order valence-electron chi connectivity index (χ4n) is 4.17. The van der Waals surface area contributed by atoms with Crippen molar-refractivity contribution in [1.29, 1.82) is 0 Å². The van der Waals surface area contributed by atoms with Crippen LogP contribution in [0.4, 0.5) is 13.2 Å². The molecule has 3 rings (SSSR count). The number of hydrogen-bond donors (Lipinski definition) is 2. The van der Waals surface area contributed by atoms with Gasteiger partial charge in [0.2, 0.25) is 0 Å². The van der Waals surface area contributed by atoms with Gasteiger partial charge in [0, 0.05) is 39.8 Å². The van der Waals surface area contributed by atoms with E-state index in [2.05, 4.69) is 25.4 Å². The van der Waals surface area contributed by atoms with E-state index in [-0.39, 0.29) is 30.0 Å². The number of alkyl halides is 3. The molecule has 1 unspecified atom stereocenters. The molecular weight excluding hydrogens is 534 g/mol. The second-order valence-corrected chi connectivity index (χ2v) is 8.07. The Labute approximate surface area is 206 Å². The molecule has 2 saturated heterocycles. The number of rotatable bonds is 7. The average molecular weight is 569 g/mol. The number of guanidine groups is 1. The second-order valence-electron chi connectivity index (χ2n) is 8.07. The number of piperidine rings is 1. The van der Waals surface area contributed by atoms with Gasteiger partial charge in [-0.15, -0.1) is 24.0 Å². The van der Waals surface area contributed by atoms with E-state index in [0.29, 0.717) is 25.7 Å². The van der Waals surface area contributed by atoms with Gasteiger partial charge in [-0.2, -0.15) is 13.2 Å². The Morgan fingerprint density at radius 1 is 1.03 bits per heavy atom. The van der Waals surface area contributed by atoms with Crippen LogP contribution in [0.5, 0.6) is 0 Å². The Bertz CT molecular complexity index is 690. The molecule has 182 valence electrons. The molecule has 1 aromatic rings. The Morgan fingerprint density at radius 3 is 2.28 bits per heavy atom. The minimum Gasteiger partial charge on any atom is -0.379 e. The predicted octanol–water partition coefficient (Wildman–Crippen LogP) is 3.35. The molecule has 2 heterocycles. The van der Waals surface area contributed by atoms with Crippen LogP contribution in [0.1, 0.15) is 36.4 Å². The number of morpholine rings is 1. The molecule has 0 aliphatic carbocycles. The molecule has 1 aromatic carbocycles. The van der Waals surface area contributed by atoms with E-state index < -0.39 is 11.7 Å². The number of ether oxygens (including phenoxy) is 1. The van der Waals surface area contributed by atoms with Gasteiger partial charge in [-0.1, -0.05) is 18.6 Å². The van der Waals surface area contributed by atoms with Crippen molar-refractivity contribution >= 4 is 29.9 Å². The molecule has 2 fully saturated rings. The van der Waals surface area contributed by atoms with Crippen molar-refractivity contribution in [2.75, 3.05) is 66.1 Å². The van der Waals surface area contributed by atoms with Crippen molar-refractivity contribution in [3.05, 3.63) is 35.4 Å². The highest BCUT2D eigenvalue weighted by molar-refractivity contribution is 14.0. The van der Waals surface area contributed by atoms with Crippen LogP contribution in [0.15, 0.2) is 29.3 Å². The first-order chi connectivity index (χ1) is 15.0. The summed E-state index contributed by atoms with van der Waals surface area (Å²) in [6, 6.07) is 5.42. The maximum Gasteiger partial charge on any atom is 0.416 e.